The van der Waals surface area contributed by atoms with Crippen LogP contribution >= 0.6 is 11.8 Å². The van der Waals surface area contributed by atoms with E-state index in [0.29, 0.717) is 11.3 Å². The molecule has 0 amide bonds. The van der Waals surface area contributed by atoms with E-state index in [-0.39, 0.29) is 5.63 Å². The van der Waals surface area contributed by atoms with E-state index in [1.807, 2.05) is 31.3 Å². The monoisotopic (exact) mass is 312 g/mol. The summed E-state index contributed by atoms with van der Waals surface area (Å²) in [5.74, 6) is 0.656. The number of benzene rings is 2. The first-order valence-corrected chi connectivity index (χ1v) is 7.93. The van der Waals surface area contributed by atoms with Gasteiger partial charge in [-0.25, -0.2) is 4.79 Å². The summed E-state index contributed by atoms with van der Waals surface area (Å²) in [5, 5.41) is 7.09. The number of nitrogens with zero attached hydrogens (tertiary/aromatic N) is 1. The molecule has 0 unspecified atom stereocenters. The standard InChI is InChI=1S/C17H16N2O2S/c1-18-17(19-2)22-10-12-9-15(20)21-14-8-7-11-5-3-4-6-13(11)16(12)14/h3-9H,10H2,1-2H3,(H,18,19). The van der Waals surface area contributed by atoms with Gasteiger partial charge < -0.3 is 9.73 Å². The van der Waals surface area contributed by atoms with Gasteiger partial charge in [-0.05, 0) is 22.4 Å². The lowest BCUT2D eigenvalue weighted by atomic mass is 10.0. The van der Waals surface area contributed by atoms with Crippen molar-refractivity contribution >= 4 is 38.7 Å². The molecule has 3 rings (SSSR count). The largest absolute Gasteiger partial charge is 0.423 e. The van der Waals surface area contributed by atoms with Gasteiger partial charge >= 0.3 is 5.63 Å². The zero-order valence-electron chi connectivity index (χ0n) is 12.4. The highest BCUT2D eigenvalue weighted by Crippen LogP contribution is 2.29. The zero-order chi connectivity index (χ0) is 15.5. The van der Waals surface area contributed by atoms with E-state index in [1.54, 1.807) is 24.9 Å². The average Bonchev–Trinajstić information content (AvgIpc) is 2.55. The summed E-state index contributed by atoms with van der Waals surface area (Å²) in [6.45, 7) is 0. The minimum Gasteiger partial charge on any atom is -0.423 e. The summed E-state index contributed by atoms with van der Waals surface area (Å²) in [6.07, 6.45) is 0. The molecule has 0 atom stereocenters. The van der Waals surface area contributed by atoms with Gasteiger partial charge in [0, 0.05) is 31.3 Å². The predicted octanol–water partition coefficient (Wildman–Crippen LogP) is 3.38. The lowest BCUT2D eigenvalue weighted by molar-refractivity contribution is 0.560. The molecule has 0 spiro atoms. The Hall–Kier alpha value is -2.27. The lowest BCUT2D eigenvalue weighted by Gasteiger charge is -2.09. The summed E-state index contributed by atoms with van der Waals surface area (Å²) >= 11 is 1.57. The normalized spacial score (nSPS) is 12.0. The molecule has 22 heavy (non-hydrogen) atoms. The first-order chi connectivity index (χ1) is 10.7. The smallest absolute Gasteiger partial charge is 0.336 e. The van der Waals surface area contributed by atoms with Crippen molar-refractivity contribution in [2.45, 2.75) is 5.75 Å². The third kappa shape index (κ3) is 2.72. The number of hydrogen-bond acceptors (Lipinski definition) is 4. The van der Waals surface area contributed by atoms with E-state index in [1.165, 1.54) is 0 Å². The van der Waals surface area contributed by atoms with Gasteiger partial charge in [0.1, 0.15) is 5.58 Å². The second kappa shape index (κ2) is 6.23. The van der Waals surface area contributed by atoms with Gasteiger partial charge in [0.2, 0.25) is 0 Å². The average molecular weight is 312 g/mol. The van der Waals surface area contributed by atoms with Crippen molar-refractivity contribution in [3.63, 3.8) is 0 Å². The van der Waals surface area contributed by atoms with Crippen molar-refractivity contribution in [3.8, 4) is 0 Å². The van der Waals surface area contributed by atoms with Crippen LogP contribution in [0.15, 0.2) is 56.7 Å². The van der Waals surface area contributed by atoms with Crippen molar-refractivity contribution in [2.24, 2.45) is 4.99 Å². The van der Waals surface area contributed by atoms with Gasteiger partial charge in [-0.3, -0.25) is 4.99 Å². The molecule has 0 aliphatic heterocycles. The molecule has 0 radical (unpaired) electrons. The van der Waals surface area contributed by atoms with Crippen molar-refractivity contribution in [2.75, 3.05) is 14.1 Å². The third-order valence-electron chi connectivity index (χ3n) is 3.50. The maximum atomic E-state index is 11.8. The van der Waals surface area contributed by atoms with Crippen LogP contribution in [-0.4, -0.2) is 19.3 Å². The molecule has 5 heteroatoms. The molecule has 0 aliphatic carbocycles. The van der Waals surface area contributed by atoms with Crippen LogP contribution in [0.25, 0.3) is 21.7 Å². The Morgan fingerprint density at radius 1 is 1.27 bits per heavy atom. The first kappa shape index (κ1) is 14.7. The number of nitrogens with one attached hydrogen (secondary N) is 1. The highest BCUT2D eigenvalue weighted by molar-refractivity contribution is 8.13. The van der Waals surface area contributed by atoms with Gasteiger partial charge in [0.05, 0.1) is 0 Å². The maximum Gasteiger partial charge on any atom is 0.336 e. The van der Waals surface area contributed by atoms with Gasteiger partial charge in [0.15, 0.2) is 5.17 Å². The van der Waals surface area contributed by atoms with E-state index in [4.69, 9.17) is 4.42 Å². The Kier molecular flexibility index (Phi) is 4.15. The van der Waals surface area contributed by atoms with Crippen LogP contribution in [-0.2, 0) is 5.75 Å². The molecule has 1 aromatic heterocycles. The fourth-order valence-electron chi connectivity index (χ4n) is 2.53. The molecular formula is C17H16N2O2S. The topological polar surface area (TPSA) is 54.6 Å². The van der Waals surface area contributed by atoms with E-state index < -0.39 is 0 Å². The maximum absolute atomic E-state index is 11.8. The Labute approximate surface area is 132 Å². The molecule has 4 nitrogen and oxygen atoms in total. The van der Waals surface area contributed by atoms with Gasteiger partial charge in [-0.1, -0.05) is 42.1 Å². The van der Waals surface area contributed by atoms with Crippen molar-refractivity contribution in [3.05, 3.63) is 58.4 Å². The van der Waals surface area contributed by atoms with E-state index in [2.05, 4.69) is 22.4 Å². The Bertz CT molecular complexity index is 915. The molecule has 1 heterocycles. The summed E-state index contributed by atoms with van der Waals surface area (Å²) in [7, 11) is 3.58. The highest BCUT2D eigenvalue weighted by atomic mass is 32.2. The molecule has 0 bridgehead atoms. The van der Waals surface area contributed by atoms with Crippen LogP contribution in [0.3, 0.4) is 0 Å². The summed E-state index contributed by atoms with van der Waals surface area (Å²) < 4.78 is 5.36. The second-order valence-electron chi connectivity index (χ2n) is 4.82. The quantitative estimate of drug-likeness (QED) is 0.341. The van der Waals surface area contributed by atoms with E-state index >= 15 is 0 Å². The molecular weight excluding hydrogens is 296 g/mol. The molecule has 2 aromatic carbocycles. The van der Waals surface area contributed by atoms with Gasteiger partial charge in [-0.2, -0.15) is 0 Å². The Balaban J connectivity index is 2.19. The van der Waals surface area contributed by atoms with Crippen LogP contribution in [0.2, 0.25) is 0 Å². The number of aliphatic imine (C=N–C) groups is 1. The summed E-state index contributed by atoms with van der Waals surface area (Å²) in [6, 6.07) is 13.5. The van der Waals surface area contributed by atoms with Crippen molar-refractivity contribution in [1.29, 1.82) is 0 Å². The summed E-state index contributed by atoms with van der Waals surface area (Å²) in [4.78, 5) is 16.0. The molecule has 0 aliphatic rings. The van der Waals surface area contributed by atoms with Crippen LogP contribution in [0, 0.1) is 0 Å². The lowest BCUT2D eigenvalue weighted by Crippen LogP contribution is -2.14. The van der Waals surface area contributed by atoms with Crippen molar-refractivity contribution in [1.82, 2.24) is 5.32 Å². The minimum atomic E-state index is -0.321. The van der Waals surface area contributed by atoms with Gasteiger partial charge in [0.25, 0.3) is 0 Å². The number of fused-ring (bicyclic) bond motifs is 3. The van der Waals surface area contributed by atoms with Gasteiger partial charge in [-0.15, -0.1) is 0 Å². The molecule has 0 saturated heterocycles. The Morgan fingerprint density at radius 3 is 2.86 bits per heavy atom. The number of thioether (sulfide) groups is 1. The predicted molar refractivity (Wildman–Crippen MR) is 93.7 cm³/mol. The fraction of sp³-hybridized carbons (Fsp3) is 0.176. The third-order valence-corrected chi connectivity index (χ3v) is 4.61. The summed E-state index contributed by atoms with van der Waals surface area (Å²) in [5.41, 5.74) is 1.27. The van der Waals surface area contributed by atoms with E-state index in [0.717, 1.165) is 26.9 Å². The Morgan fingerprint density at radius 2 is 2.09 bits per heavy atom. The minimum absolute atomic E-state index is 0.321. The SMILES string of the molecule is CN=C(NC)SCc1cc(=O)oc2ccc3ccccc3c12. The zero-order valence-corrected chi connectivity index (χ0v) is 13.2. The fourth-order valence-corrected chi connectivity index (χ4v) is 3.32. The number of hydrogen-bond donors (Lipinski definition) is 1. The first-order valence-electron chi connectivity index (χ1n) is 6.94. The van der Waals surface area contributed by atoms with Crippen LogP contribution in [0.4, 0.5) is 0 Å². The molecule has 3 aromatic rings. The van der Waals surface area contributed by atoms with Crippen LogP contribution < -0.4 is 10.9 Å². The number of amidine groups is 1. The van der Waals surface area contributed by atoms with Crippen LogP contribution in [0.5, 0.6) is 0 Å². The molecule has 0 saturated carbocycles. The highest BCUT2D eigenvalue weighted by Gasteiger charge is 2.10. The van der Waals surface area contributed by atoms with E-state index in [9.17, 15) is 4.79 Å². The van der Waals surface area contributed by atoms with Crippen LogP contribution in [0.1, 0.15) is 5.56 Å². The molecule has 0 fully saturated rings. The molecule has 1 N–H and O–H groups in total. The van der Waals surface area contributed by atoms with Crippen molar-refractivity contribution < 1.29 is 4.42 Å². The number of rotatable bonds is 2. The second-order valence-corrected chi connectivity index (χ2v) is 5.78. The molecule has 112 valence electrons.